The van der Waals surface area contributed by atoms with E-state index in [2.05, 4.69) is 43.1 Å². The van der Waals surface area contributed by atoms with Crippen LogP contribution in [0.3, 0.4) is 0 Å². The summed E-state index contributed by atoms with van der Waals surface area (Å²) in [6.45, 7) is 6.75. The van der Waals surface area contributed by atoms with E-state index in [0.29, 0.717) is 29.0 Å². The summed E-state index contributed by atoms with van der Waals surface area (Å²) in [5.74, 6) is 3.29. The van der Waals surface area contributed by atoms with Gasteiger partial charge in [-0.05, 0) is 55.9 Å². The van der Waals surface area contributed by atoms with Crippen molar-refractivity contribution in [2.75, 3.05) is 34.8 Å². The summed E-state index contributed by atoms with van der Waals surface area (Å²) in [6, 6.07) is 8.87. The van der Waals surface area contributed by atoms with Crippen molar-refractivity contribution in [3.63, 3.8) is 0 Å². The van der Waals surface area contributed by atoms with Crippen molar-refractivity contribution in [2.45, 2.75) is 38.6 Å². The van der Waals surface area contributed by atoms with Gasteiger partial charge in [-0.1, -0.05) is 18.5 Å². The molecule has 1 N–H and O–H groups in total. The summed E-state index contributed by atoms with van der Waals surface area (Å²) < 4.78 is 13.5. The molecule has 1 aliphatic carbocycles. The van der Waals surface area contributed by atoms with Crippen molar-refractivity contribution in [1.29, 1.82) is 0 Å². The molecule has 0 amide bonds. The van der Waals surface area contributed by atoms with Crippen LogP contribution in [-0.4, -0.2) is 45.6 Å². The Labute approximate surface area is 203 Å². The van der Waals surface area contributed by atoms with Gasteiger partial charge in [0.15, 0.2) is 0 Å². The molecule has 7 nitrogen and oxygen atoms in total. The predicted octanol–water partition coefficient (Wildman–Crippen LogP) is 4.95. The summed E-state index contributed by atoms with van der Waals surface area (Å²) in [5.41, 5.74) is 2.84. The predicted molar refractivity (Wildman–Crippen MR) is 131 cm³/mol. The van der Waals surface area contributed by atoms with Gasteiger partial charge in [-0.15, -0.1) is 0 Å². The standard InChI is InChI=1S/C25H27ClFN7/c1-14-10-34(19-7-5-18(27)6-8-19)24-21(14)23(26)31-25(32-24)30-22-16-3-4-17(22)12-33(11-16)20-9-15(2)28-13-29-20/h5-9,13-14,16-17,22H,3-4,10-12H2,1-2H3,(H,30,31,32)/t14-,16-,17+,22-/m0/s1. The number of rotatable bonds is 4. The van der Waals surface area contributed by atoms with Gasteiger partial charge in [-0.25, -0.2) is 19.3 Å². The molecule has 0 spiro atoms. The average Bonchev–Trinajstić information content (AvgIpc) is 3.25. The fraction of sp³-hybridized carbons (Fsp3) is 0.440. The highest BCUT2D eigenvalue weighted by atomic mass is 35.5. The van der Waals surface area contributed by atoms with Gasteiger partial charge in [-0.2, -0.15) is 4.98 Å². The van der Waals surface area contributed by atoms with Gasteiger partial charge in [-0.3, -0.25) is 0 Å². The lowest BCUT2D eigenvalue weighted by atomic mass is 9.92. The topological polar surface area (TPSA) is 70.1 Å². The van der Waals surface area contributed by atoms with Crippen molar-refractivity contribution < 1.29 is 4.39 Å². The maximum absolute atomic E-state index is 13.5. The summed E-state index contributed by atoms with van der Waals surface area (Å²) in [4.78, 5) is 22.8. The fourth-order valence-corrected chi connectivity index (χ4v) is 6.18. The van der Waals surface area contributed by atoms with Crippen LogP contribution in [0.25, 0.3) is 0 Å². The van der Waals surface area contributed by atoms with E-state index in [0.717, 1.165) is 48.2 Å². The van der Waals surface area contributed by atoms with Gasteiger partial charge in [0.05, 0.1) is 0 Å². The molecule has 2 bridgehead atoms. The number of benzene rings is 1. The Hall–Kier alpha value is -3.00. The maximum Gasteiger partial charge on any atom is 0.226 e. The van der Waals surface area contributed by atoms with Gasteiger partial charge >= 0.3 is 0 Å². The molecule has 4 heterocycles. The lowest BCUT2D eigenvalue weighted by Gasteiger charge is -2.39. The number of halogens is 2. The van der Waals surface area contributed by atoms with Crippen molar-refractivity contribution in [1.82, 2.24) is 19.9 Å². The number of nitrogens with zero attached hydrogens (tertiary/aromatic N) is 6. The number of piperidine rings is 1. The van der Waals surface area contributed by atoms with Crippen LogP contribution >= 0.6 is 11.6 Å². The first-order valence-electron chi connectivity index (χ1n) is 11.9. The van der Waals surface area contributed by atoms with Crippen molar-refractivity contribution >= 4 is 34.9 Å². The van der Waals surface area contributed by atoms with Gasteiger partial charge < -0.3 is 15.1 Å². The van der Waals surface area contributed by atoms with E-state index in [1.165, 1.54) is 25.0 Å². The molecule has 2 fully saturated rings. The Morgan fingerprint density at radius 3 is 2.47 bits per heavy atom. The van der Waals surface area contributed by atoms with Crippen molar-refractivity contribution in [3.8, 4) is 0 Å². The van der Waals surface area contributed by atoms with Crippen LogP contribution in [0.1, 0.15) is 36.9 Å². The zero-order valence-corrected chi connectivity index (χ0v) is 20.0. The highest BCUT2D eigenvalue weighted by Crippen LogP contribution is 2.44. The molecule has 1 saturated heterocycles. The quantitative estimate of drug-likeness (QED) is 0.531. The smallest absolute Gasteiger partial charge is 0.226 e. The first kappa shape index (κ1) is 21.5. The molecule has 1 aromatic carbocycles. The zero-order valence-electron chi connectivity index (χ0n) is 19.2. The number of aryl methyl sites for hydroxylation is 1. The highest BCUT2D eigenvalue weighted by Gasteiger charge is 2.43. The van der Waals surface area contributed by atoms with Crippen LogP contribution < -0.4 is 15.1 Å². The van der Waals surface area contributed by atoms with E-state index >= 15 is 0 Å². The van der Waals surface area contributed by atoms with E-state index in [4.69, 9.17) is 16.6 Å². The molecule has 34 heavy (non-hydrogen) atoms. The molecular formula is C25H27ClFN7. The van der Waals surface area contributed by atoms with Gasteiger partial charge in [0, 0.05) is 54.6 Å². The third-order valence-corrected chi connectivity index (χ3v) is 7.75. The van der Waals surface area contributed by atoms with Gasteiger partial charge in [0.1, 0.15) is 28.9 Å². The van der Waals surface area contributed by atoms with Crippen LogP contribution in [0.4, 0.5) is 27.7 Å². The second-order valence-corrected chi connectivity index (χ2v) is 10.1. The highest BCUT2D eigenvalue weighted by molar-refractivity contribution is 6.30. The zero-order chi connectivity index (χ0) is 23.4. The molecule has 1 saturated carbocycles. The Morgan fingerprint density at radius 1 is 1.03 bits per heavy atom. The fourth-order valence-electron chi connectivity index (χ4n) is 5.83. The number of fused-ring (bicyclic) bond motifs is 3. The molecule has 0 unspecified atom stereocenters. The number of hydrogen-bond donors (Lipinski definition) is 1. The second kappa shape index (κ2) is 8.34. The molecule has 9 heteroatoms. The Kier molecular flexibility index (Phi) is 5.28. The largest absolute Gasteiger partial charge is 0.356 e. The molecule has 3 aromatic rings. The van der Waals surface area contributed by atoms with Crippen LogP contribution in [0.5, 0.6) is 0 Å². The number of anilines is 4. The molecule has 6 rings (SSSR count). The van der Waals surface area contributed by atoms with E-state index in [1.807, 2.05) is 6.92 Å². The summed E-state index contributed by atoms with van der Waals surface area (Å²) in [5, 5.41) is 4.13. The number of nitrogens with one attached hydrogen (secondary N) is 1. The van der Waals surface area contributed by atoms with Crippen LogP contribution in [0.15, 0.2) is 36.7 Å². The summed E-state index contributed by atoms with van der Waals surface area (Å²) in [7, 11) is 0. The lowest BCUT2D eigenvalue weighted by molar-refractivity contribution is 0.374. The molecule has 3 aliphatic rings. The maximum atomic E-state index is 13.5. The van der Waals surface area contributed by atoms with Crippen molar-refractivity contribution in [3.05, 3.63) is 58.9 Å². The van der Waals surface area contributed by atoms with Crippen molar-refractivity contribution in [2.24, 2.45) is 11.8 Å². The van der Waals surface area contributed by atoms with Crippen LogP contribution in [-0.2, 0) is 0 Å². The van der Waals surface area contributed by atoms with Crippen LogP contribution in [0.2, 0.25) is 5.15 Å². The molecule has 0 radical (unpaired) electrons. The molecule has 2 aliphatic heterocycles. The Morgan fingerprint density at radius 2 is 1.76 bits per heavy atom. The summed E-state index contributed by atoms with van der Waals surface area (Å²) >= 11 is 6.67. The minimum absolute atomic E-state index is 0.192. The Balaban J connectivity index is 1.25. The van der Waals surface area contributed by atoms with Gasteiger partial charge in [0.2, 0.25) is 5.95 Å². The summed E-state index contributed by atoms with van der Waals surface area (Å²) in [6.07, 6.45) is 3.98. The average molecular weight is 480 g/mol. The third-order valence-electron chi connectivity index (χ3n) is 7.47. The monoisotopic (exact) mass is 479 g/mol. The normalized spacial score (nSPS) is 25.5. The number of hydrogen-bond acceptors (Lipinski definition) is 7. The molecular weight excluding hydrogens is 453 g/mol. The van der Waals surface area contributed by atoms with E-state index in [-0.39, 0.29) is 11.7 Å². The first-order chi connectivity index (χ1) is 16.5. The molecule has 4 atom stereocenters. The van der Waals surface area contributed by atoms with Gasteiger partial charge in [0.25, 0.3) is 0 Å². The first-order valence-corrected chi connectivity index (χ1v) is 12.2. The van der Waals surface area contributed by atoms with Crippen LogP contribution in [0, 0.1) is 24.6 Å². The van der Waals surface area contributed by atoms with E-state index in [1.54, 1.807) is 18.5 Å². The minimum atomic E-state index is -0.252. The SMILES string of the molecule is Cc1cc(N2C[C@H]3CC[C@@H](C2)[C@@H]3Nc2nc(Cl)c3c(n2)N(c2ccc(F)cc2)C[C@@H]3C)ncn1. The van der Waals surface area contributed by atoms with E-state index < -0.39 is 0 Å². The Bertz CT molecular complexity index is 1210. The molecule has 176 valence electrons. The minimum Gasteiger partial charge on any atom is -0.356 e. The number of aromatic nitrogens is 4. The van der Waals surface area contributed by atoms with E-state index in [9.17, 15) is 4.39 Å². The molecule has 2 aromatic heterocycles. The lowest BCUT2D eigenvalue weighted by Crippen LogP contribution is -2.48. The second-order valence-electron chi connectivity index (χ2n) is 9.75. The third kappa shape index (κ3) is 3.74.